The van der Waals surface area contributed by atoms with Crippen LogP contribution in [0.2, 0.25) is 0 Å². The first-order chi connectivity index (χ1) is 4.18. The number of hydrogen-bond acceptors (Lipinski definition) is 2. The van der Waals surface area contributed by atoms with Crippen molar-refractivity contribution in [2.75, 3.05) is 0 Å². The molecule has 0 aromatic carbocycles. The van der Waals surface area contributed by atoms with Crippen LogP contribution in [0.25, 0.3) is 0 Å². The standard InChI is InChI=1S/C5H11NO.C2H6.H2/c1-3-5(6)4(2)7;1-2;/h5H,3,6H2,1-2H3;1-2H3;1H/t5-;;/m0../s1. The number of ketones is 1. The Balaban J connectivity index is -0.000000149. The highest BCUT2D eigenvalue weighted by Gasteiger charge is 2.01. The Morgan fingerprint density at radius 2 is 2.00 bits per heavy atom. The maximum Gasteiger partial charge on any atom is 0.146 e. The van der Waals surface area contributed by atoms with Crippen LogP contribution < -0.4 is 5.73 Å². The molecule has 0 unspecified atom stereocenters. The third kappa shape index (κ3) is 7.63. The second-order valence-corrected chi connectivity index (χ2v) is 1.63. The Bertz CT molecular complexity index is 76.0. The smallest absolute Gasteiger partial charge is 0.146 e. The van der Waals surface area contributed by atoms with E-state index in [9.17, 15) is 4.79 Å². The van der Waals surface area contributed by atoms with Gasteiger partial charge in [0.25, 0.3) is 0 Å². The Morgan fingerprint density at radius 1 is 1.67 bits per heavy atom. The molecule has 0 amide bonds. The lowest BCUT2D eigenvalue weighted by molar-refractivity contribution is -0.118. The molecule has 0 bridgehead atoms. The third-order valence-electron chi connectivity index (χ3n) is 0.962. The van der Waals surface area contributed by atoms with Crippen LogP contribution in [0.15, 0.2) is 0 Å². The molecule has 1 atom stereocenters. The highest BCUT2D eigenvalue weighted by molar-refractivity contribution is 5.80. The van der Waals surface area contributed by atoms with E-state index in [0.717, 1.165) is 6.42 Å². The Hall–Kier alpha value is -0.370. The zero-order valence-electron chi connectivity index (χ0n) is 6.77. The highest BCUT2D eigenvalue weighted by Crippen LogP contribution is 1.84. The zero-order chi connectivity index (χ0) is 7.86. The molecule has 2 heteroatoms. The van der Waals surface area contributed by atoms with Crippen LogP contribution in [0.5, 0.6) is 0 Å². The summed E-state index contributed by atoms with van der Waals surface area (Å²) in [7, 11) is 0. The van der Waals surface area contributed by atoms with Crippen LogP contribution in [0.3, 0.4) is 0 Å². The Kier molecular flexibility index (Phi) is 9.69. The molecule has 0 fully saturated rings. The van der Waals surface area contributed by atoms with Gasteiger partial charge in [0, 0.05) is 1.43 Å². The molecule has 0 heterocycles. The summed E-state index contributed by atoms with van der Waals surface area (Å²) in [5.74, 6) is 0.0718. The number of carbonyl (C=O) groups is 1. The van der Waals surface area contributed by atoms with Gasteiger partial charge in [-0.3, -0.25) is 4.79 Å². The number of rotatable bonds is 2. The van der Waals surface area contributed by atoms with Crippen molar-refractivity contribution >= 4 is 5.78 Å². The normalized spacial score (nSPS) is 11.2. The van der Waals surface area contributed by atoms with E-state index in [-0.39, 0.29) is 13.3 Å². The van der Waals surface area contributed by atoms with E-state index < -0.39 is 0 Å². The van der Waals surface area contributed by atoms with Crippen molar-refractivity contribution in [2.45, 2.75) is 40.2 Å². The summed E-state index contributed by atoms with van der Waals surface area (Å²) in [6.45, 7) is 7.40. The van der Waals surface area contributed by atoms with Gasteiger partial charge >= 0.3 is 0 Å². The minimum atomic E-state index is -0.236. The van der Waals surface area contributed by atoms with Gasteiger partial charge in [0.2, 0.25) is 0 Å². The molecule has 0 saturated carbocycles. The van der Waals surface area contributed by atoms with Crippen molar-refractivity contribution in [2.24, 2.45) is 5.73 Å². The second kappa shape index (κ2) is 7.63. The molecule has 0 radical (unpaired) electrons. The molecule has 0 saturated heterocycles. The monoisotopic (exact) mass is 133 g/mol. The lowest BCUT2D eigenvalue weighted by Crippen LogP contribution is -2.26. The SMILES string of the molecule is CC.CC[C@H](N)C(C)=O.[HH]. The fraction of sp³-hybridized carbons (Fsp3) is 0.857. The topological polar surface area (TPSA) is 43.1 Å². The van der Waals surface area contributed by atoms with Crippen LogP contribution in [-0.4, -0.2) is 11.8 Å². The molecular formula is C7H19NO. The van der Waals surface area contributed by atoms with Crippen LogP contribution in [0.1, 0.15) is 35.5 Å². The fourth-order valence-electron chi connectivity index (χ4n) is 0.287. The molecule has 0 rings (SSSR count). The molecule has 0 aromatic heterocycles. The molecule has 0 aliphatic heterocycles. The van der Waals surface area contributed by atoms with Crippen molar-refractivity contribution in [3.05, 3.63) is 0 Å². The number of carbonyl (C=O) groups excluding carboxylic acids is 1. The van der Waals surface area contributed by atoms with E-state index in [2.05, 4.69) is 0 Å². The zero-order valence-corrected chi connectivity index (χ0v) is 6.77. The van der Waals surface area contributed by atoms with E-state index in [1.807, 2.05) is 20.8 Å². The van der Waals surface area contributed by atoms with E-state index in [4.69, 9.17) is 5.73 Å². The quantitative estimate of drug-likeness (QED) is 0.621. The van der Waals surface area contributed by atoms with Crippen LogP contribution in [-0.2, 0) is 4.79 Å². The third-order valence-corrected chi connectivity index (χ3v) is 0.962. The Morgan fingerprint density at radius 3 is 2.00 bits per heavy atom. The van der Waals surface area contributed by atoms with E-state index in [1.54, 1.807) is 0 Å². The summed E-state index contributed by atoms with van der Waals surface area (Å²) in [4.78, 5) is 10.2. The number of nitrogens with two attached hydrogens (primary N) is 1. The van der Waals surface area contributed by atoms with Crippen LogP contribution in [0.4, 0.5) is 0 Å². The minimum Gasteiger partial charge on any atom is -0.322 e. The van der Waals surface area contributed by atoms with Gasteiger partial charge in [0.15, 0.2) is 0 Å². The fourth-order valence-corrected chi connectivity index (χ4v) is 0.287. The first-order valence-electron chi connectivity index (χ1n) is 3.44. The van der Waals surface area contributed by atoms with Gasteiger partial charge in [0.05, 0.1) is 6.04 Å². The predicted molar refractivity (Wildman–Crippen MR) is 42.4 cm³/mol. The lowest BCUT2D eigenvalue weighted by atomic mass is 10.2. The lowest BCUT2D eigenvalue weighted by Gasteiger charge is -1.99. The molecule has 0 aliphatic rings. The van der Waals surface area contributed by atoms with Crippen molar-refractivity contribution in [3.8, 4) is 0 Å². The van der Waals surface area contributed by atoms with Crippen molar-refractivity contribution < 1.29 is 6.22 Å². The highest BCUT2D eigenvalue weighted by atomic mass is 16.1. The predicted octanol–water partition coefficient (Wildman–Crippen LogP) is 1.58. The van der Waals surface area contributed by atoms with Crippen LogP contribution in [0, 0.1) is 0 Å². The van der Waals surface area contributed by atoms with Gasteiger partial charge in [-0.2, -0.15) is 0 Å². The number of hydrogen-bond donors (Lipinski definition) is 1. The molecular weight excluding hydrogens is 114 g/mol. The van der Waals surface area contributed by atoms with E-state index in [1.165, 1.54) is 6.92 Å². The van der Waals surface area contributed by atoms with Gasteiger partial charge in [-0.15, -0.1) is 0 Å². The maximum absolute atomic E-state index is 10.2. The van der Waals surface area contributed by atoms with Gasteiger partial charge in [0.1, 0.15) is 5.78 Å². The summed E-state index contributed by atoms with van der Waals surface area (Å²) in [5, 5.41) is 0. The first kappa shape index (κ1) is 11.4. The molecule has 9 heavy (non-hydrogen) atoms. The molecule has 2 nitrogen and oxygen atoms in total. The first-order valence-corrected chi connectivity index (χ1v) is 3.44. The largest absolute Gasteiger partial charge is 0.322 e. The van der Waals surface area contributed by atoms with Gasteiger partial charge < -0.3 is 5.73 Å². The number of Topliss-reactive ketones (excluding diaryl/α,β-unsaturated/α-hetero) is 1. The van der Waals surface area contributed by atoms with Gasteiger partial charge in [-0.25, -0.2) is 0 Å². The van der Waals surface area contributed by atoms with Gasteiger partial charge in [-0.1, -0.05) is 20.8 Å². The molecule has 0 spiro atoms. The minimum absolute atomic E-state index is 0. The molecule has 2 N–H and O–H groups in total. The summed E-state index contributed by atoms with van der Waals surface area (Å²) in [6.07, 6.45) is 0.745. The average Bonchev–Trinajstić information content (AvgIpc) is 1.91. The van der Waals surface area contributed by atoms with Crippen molar-refractivity contribution in [1.29, 1.82) is 0 Å². The summed E-state index contributed by atoms with van der Waals surface area (Å²) < 4.78 is 0. The summed E-state index contributed by atoms with van der Waals surface area (Å²) in [6, 6.07) is -0.236. The summed E-state index contributed by atoms with van der Waals surface area (Å²) >= 11 is 0. The second-order valence-electron chi connectivity index (χ2n) is 1.63. The molecule has 0 aromatic rings. The Labute approximate surface area is 58.9 Å². The van der Waals surface area contributed by atoms with Crippen LogP contribution >= 0.6 is 0 Å². The van der Waals surface area contributed by atoms with Gasteiger partial charge in [-0.05, 0) is 13.3 Å². The molecule has 0 aliphatic carbocycles. The maximum atomic E-state index is 10.2. The molecule has 58 valence electrons. The van der Waals surface area contributed by atoms with Crippen molar-refractivity contribution in [1.82, 2.24) is 0 Å². The van der Waals surface area contributed by atoms with E-state index in [0.29, 0.717) is 0 Å². The van der Waals surface area contributed by atoms with Crippen molar-refractivity contribution in [3.63, 3.8) is 0 Å². The van der Waals surface area contributed by atoms with E-state index >= 15 is 0 Å². The summed E-state index contributed by atoms with van der Waals surface area (Å²) in [5.41, 5.74) is 5.27. The average molecular weight is 133 g/mol.